The number of benzene rings is 2. The maximum atomic E-state index is 6.68. The molecular weight excluding hydrogens is 322 g/mol. The Morgan fingerprint density at radius 1 is 1.00 bits per heavy atom. The molecule has 4 heteroatoms. The summed E-state index contributed by atoms with van der Waals surface area (Å²) < 4.78 is 6.68. The zero-order chi connectivity index (χ0) is 15.7. The van der Waals surface area contributed by atoms with Crippen LogP contribution in [0.1, 0.15) is 48.5 Å². The van der Waals surface area contributed by atoms with Crippen LogP contribution in [0.25, 0.3) is 0 Å². The summed E-state index contributed by atoms with van der Waals surface area (Å²) in [5.74, 6) is 0. The maximum Gasteiger partial charge on any atom is 0.109 e. The van der Waals surface area contributed by atoms with Crippen molar-refractivity contribution in [1.29, 1.82) is 0 Å². The summed E-state index contributed by atoms with van der Waals surface area (Å²) in [6, 6.07) is 19.2. The number of fused-ring (bicyclic) bond motifs is 2. The van der Waals surface area contributed by atoms with Gasteiger partial charge in [-0.1, -0.05) is 59.8 Å². The van der Waals surface area contributed by atoms with Gasteiger partial charge in [-0.3, -0.25) is 0 Å². The highest BCUT2D eigenvalue weighted by molar-refractivity contribution is 5.85. The third-order valence-corrected chi connectivity index (χ3v) is 5.04. The molecule has 1 aliphatic carbocycles. The first-order chi connectivity index (χ1) is 11.3. The molecular formula is C20H22ClNO2. The van der Waals surface area contributed by atoms with Gasteiger partial charge < -0.3 is 9.57 Å². The Labute approximate surface area is 149 Å². The molecule has 1 spiro atoms. The molecule has 0 saturated heterocycles. The zero-order valence-corrected chi connectivity index (χ0v) is 14.6. The monoisotopic (exact) mass is 343 g/mol. The first-order valence-electron chi connectivity index (χ1n) is 8.23. The van der Waals surface area contributed by atoms with Crippen molar-refractivity contribution in [2.75, 3.05) is 7.11 Å². The molecule has 0 radical (unpaired) electrons. The Hall–Kier alpha value is -1.84. The molecule has 4 rings (SSSR count). The second-order valence-electron chi connectivity index (χ2n) is 6.33. The normalized spacial score (nSPS) is 25.0. The molecule has 1 heterocycles. The number of ether oxygens (including phenoxy) is 1. The molecule has 126 valence electrons. The third kappa shape index (κ3) is 2.83. The van der Waals surface area contributed by atoms with Gasteiger partial charge in [0.05, 0.1) is 11.3 Å². The number of rotatable bonds is 2. The predicted octanol–water partition coefficient (Wildman–Crippen LogP) is 5.00. The van der Waals surface area contributed by atoms with E-state index in [-0.39, 0.29) is 24.1 Å². The molecule has 1 aliphatic heterocycles. The van der Waals surface area contributed by atoms with Crippen LogP contribution in [0.5, 0.6) is 0 Å². The van der Waals surface area contributed by atoms with Gasteiger partial charge in [0.1, 0.15) is 13.2 Å². The van der Waals surface area contributed by atoms with Crippen molar-refractivity contribution in [1.82, 2.24) is 0 Å². The largest absolute Gasteiger partial charge is 0.399 e. The fourth-order valence-corrected chi connectivity index (χ4v) is 3.92. The summed E-state index contributed by atoms with van der Waals surface area (Å²) in [7, 11) is 1.62. The first-order valence-corrected chi connectivity index (χ1v) is 8.23. The molecule has 0 N–H and O–H groups in total. The minimum absolute atomic E-state index is 0. The predicted molar refractivity (Wildman–Crippen MR) is 97.7 cm³/mol. The van der Waals surface area contributed by atoms with Crippen LogP contribution in [0.2, 0.25) is 0 Å². The van der Waals surface area contributed by atoms with E-state index in [0.717, 1.165) is 31.4 Å². The van der Waals surface area contributed by atoms with Crippen LogP contribution >= 0.6 is 12.4 Å². The Bertz CT molecular complexity index is 719. The molecule has 1 unspecified atom stereocenters. The quantitative estimate of drug-likeness (QED) is 0.718. The van der Waals surface area contributed by atoms with E-state index in [1.54, 1.807) is 7.11 Å². The summed E-state index contributed by atoms with van der Waals surface area (Å²) in [5, 5.41) is 4.13. The number of halogens is 1. The molecule has 3 nitrogen and oxygen atoms in total. The van der Waals surface area contributed by atoms with E-state index in [4.69, 9.17) is 9.57 Å². The molecule has 0 bridgehead atoms. The summed E-state index contributed by atoms with van der Waals surface area (Å²) in [4.78, 5) is 4.94. The lowest BCUT2D eigenvalue weighted by atomic mass is 9.78. The highest BCUT2D eigenvalue weighted by Gasteiger charge is 2.46. The summed E-state index contributed by atoms with van der Waals surface area (Å²) >= 11 is 0. The minimum atomic E-state index is -0.177. The average Bonchev–Trinajstić information content (AvgIpc) is 2.93. The van der Waals surface area contributed by atoms with E-state index >= 15 is 0 Å². The van der Waals surface area contributed by atoms with E-state index < -0.39 is 0 Å². The van der Waals surface area contributed by atoms with E-state index in [9.17, 15) is 0 Å². The highest BCUT2D eigenvalue weighted by atomic mass is 35.5. The standard InChI is InChI=1S/C20H21NO2.ClH/c1-22-21-16-11-13-20(14-12-16)18-10-6-5-9-17(18)19(23-20)15-7-3-2-4-8-15;/h2-10,19H,11-14H2,1H3;1H. The van der Waals surface area contributed by atoms with Gasteiger partial charge in [-0.2, -0.15) is 0 Å². The van der Waals surface area contributed by atoms with Gasteiger partial charge in [-0.05, 0) is 42.4 Å². The van der Waals surface area contributed by atoms with Crippen molar-refractivity contribution in [2.24, 2.45) is 5.16 Å². The van der Waals surface area contributed by atoms with Crippen molar-refractivity contribution in [3.63, 3.8) is 0 Å². The number of hydrogen-bond acceptors (Lipinski definition) is 3. The fraction of sp³-hybridized carbons (Fsp3) is 0.350. The second-order valence-corrected chi connectivity index (χ2v) is 6.33. The van der Waals surface area contributed by atoms with Crippen molar-refractivity contribution in [2.45, 2.75) is 37.4 Å². The van der Waals surface area contributed by atoms with Crippen LogP contribution in [0.15, 0.2) is 59.8 Å². The molecule has 24 heavy (non-hydrogen) atoms. The summed E-state index contributed by atoms with van der Waals surface area (Å²) in [6.07, 6.45) is 3.84. The van der Waals surface area contributed by atoms with Crippen LogP contribution in [0.3, 0.4) is 0 Å². The lowest BCUT2D eigenvalue weighted by Crippen LogP contribution is -2.32. The number of hydrogen-bond donors (Lipinski definition) is 0. The van der Waals surface area contributed by atoms with Gasteiger partial charge in [-0.15, -0.1) is 12.4 Å². The van der Waals surface area contributed by atoms with Crippen molar-refractivity contribution in [3.8, 4) is 0 Å². The number of nitrogens with zero attached hydrogens (tertiary/aromatic N) is 1. The van der Waals surface area contributed by atoms with Gasteiger partial charge in [-0.25, -0.2) is 0 Å². The van der Waals surface area contributed by atoms with Crippen molar-refractivity contribution >= 4 is 18.1 Å². The maximum absolute atomic E-state index is 6.68. The van der Waals surface area contributed by atoms with Gasteiger partial charge >= 0.3 is 0 Å². The van der Waals surface area contributed by atoms with Crippen molar-refractivity contribution in [3.05, 3.63) is 71.3 Å². The highest BCUT2D eigenvalue weighted by Crippen LogP contribution is 2.52. The Morgan fingerprint density at radius 2 is 1.67 bits per heavy atom. The Morgan fingerprint density at radius 3 is 2.38 bits per heavy atom. The Kier molecular flexibility index (Phi) is 4.93. The van der Waals surface area contributed by atoms with Crippen molar-refractivity contribution < 1.29 is 9.57 Å². The molecule has 0 amide bonds. The SMILES string of the molecule is CON=C1CCC2(CC1)OC(c1ccccc1)c1ccccc12.Cl. The fourth-order valence-electron chi connectivity index (χ4n) is 3.92. The van der Waals surface area contributed by atoms with Crippen LogP contribution < -0.4 is 0 Å². The summed E-state index contributed by atoms with van der Waals surface area (Å²) in [6.45, 7) is 0. The van der Waals surface area contributed by atoms with Gasteiger partial charge in [0, 0.05) is 0 Å². The second kappa shape index (κ2) is 6.96. The van der Waals surface area contributed by atoms with E-state index in [1.165, 1.54) is 16.7 Å². The smallest absolute Gasteiger partial charge is 0.109 e. The van der Waals surface area contributed by atoms with Crippen LogP contribution in [0.4, 0.5) is 0 Å². The van der Waals surface area contributed by atoms with E-state index in [1.807, 2.05) is 6.07 Å². The average molecular weight is 344 g/mol. The summed E-state index contributed by atoms with van der Waals surface area (Å²) in [5.41, 5.74) is 4.86. The minimum Gasteiger partial charge on any atom is -0.399 e. The zero-order valence-electron chi connectivity index (χ0n) is 13.8. The lowest BCUT2D eigenvalue weighted by Gasteiger charge is -2.34. The van der Waals surface area contributed by atoms with Crippen LogP contribution in [-0.4, -0.2) is 12.8 Å². The molecule has 2 aliphatic rings. The number of oxime groups is 1. The van der Waals surface area contributed by atoms with Crippen LogP contribution in [0, 0.1) is 0 Å². The lowest BCUT2D eigenvalue weighted by molar-refractivity contribution is -0.0744. The first kappa shape index (κ1) is 17.0. The van der Waals surface area contributed by atoms with Gasteiger partial charge in [0.15, 0.2) is 0 Å². The molecule has 0 aromatic heterocycles. The molecule has 1 atom stereocenters. The third-order valence-electron chi connectivity index (χ3n) is 5.04. The molecule has 2 aromatic rings. The van der Waals surface area contributed by atoms with Gasteiger partial charge in [0.25, 0.3) is 0 Å². The van der Waals surface area contributed by atoms with Crippen LogP contribution in [-0.2, 0) is 15.2 Å². The van der Waals surface area contributed by atoms with Gasteiger partial charge in [0.2, 0.25) is 0 Å². The van der Waals surface area contributed by atoms with E-state index in [0.29, 0.717) is 0 Å². The van der Waals surface area contributed by atoms with E-state index in [2.05, 4.69) is 53.7 Å². The topological polar surface area (TPSA) is 30.8 Å². The molecule has 2 aromatic carbocycles. The molecule has 1 saturated carbocycles. The Balaban J connectivity index is 0.00000169. The molecule has 1 fully saturated rings.